The van der Waals surface area contributed by atoms with Gasteiger partial charge in [-0.2, -0.15) is 0 Å². The molecule has 0 aliphatic heterocycles. The van der Waals surface area contributed by atoms with Crippen LogP contribution in [-0.2, 0) is 4.79 Å². The van der Waals surface area contributed by atoms with E-state index in [0.29, 0.717) is 0 Å². The highest BCUT2D eigenvalue weighted by Gasteiger charge is 2.08. The molecule has 1 atom stereocenters. The number of rotatable bonds is 5. The third kappa shape index (κ3) is 3.50. The molecule has 0 heterocycles. The molecule has 88 valence electrons. The molecule has 0 fully saturated rings. The maximum absolute atomic E-state index is 10.6. The summed E-state index contributed by atoms with van der Waals surface area (Å²) in [6.07, 6.45) is 0. The second-order valence-corrected chi connectivity index (χ2v) is 4.32. The van der Waals surface area contributed by atoms with E-state index in [4.69, 9.17) is 10.5 Å². The van der Waals surface area contributed by atoms with Crippen LogP contribution in [0.5, 0.6) is 5.75 Å². The first-order chi connectivity index (χ1) is 7.54. The number of carbonyl (C=O) groups is 1. The third-order valence-electron chi connectivity index (χ3n) is 2.26. The Balaban J connectivity index is 2.72. The molecule has 0 spiro atoms. The molecular weight excluding hydrogens is 272 g/mol. The van der Waals surface area contributed by atoms with Crippen molar-refractivity contribution in [1.29, 1.82) is 0 Å². The van der Waals surface area contributed by atoms with E-state index in [1.807, 2.05) is 25.1 Å². The number of hydrogen-bond donors (Lipinski definition) is 2. The van der Waals surface area contributed by atoms with Crippen LogP contribution < -0.4 is 15.8 Å². The lowest BCUT2D eigenvalue weighted by Gasteiger charge is -2.14. The molecule has 4 nitrogen and oxygen atoms in total. The van der Waals surface area contributed by atoms with E-state index in [1.165, 1.54) is 0 Å². The summed E-state index contributed by atoms with van der Waals surface area (Å²) in [4.78, 5) is 10.6. The summed E-state index contributed by atoms with van der Waals surface area (Å²) >= 11 is 3.41. The Bertz CT molecular complexity index is 382. The molecule has 3 N–H and O–H groups in total. The molecule has 0 aliphatic carbocycles. The largest absolute Gasteiger partial charge is 0.496 e. The quantitative estimate of drug-likeness (QED) is 0.864. The Morgan fingerprint density at radius 1 is 1.62 bits per heavy atom. The first kappa shape index (κ1) is 13.0. The fourth-order valence-electron chi connectivity index (χ4n) is 1.32. The number of hydrogen-bond acceptors (Lipinski definition) is 3. The van der Waals surface area contributed by atoms with Gasteiger partial charge in [0.1, 0.15) is 5.75 Å². The average Bonchev–Trinajstić information content (AvgIpc) is 2.25. The van der Waals surface area contributed by atoms with Gasteiger partial charge in [-0.1, -0.05) is 6.07 Å². The molecule has 0 aromatic heterocycles. The summed E-state index contributed by atoms with van der Waals surface area (Å²) in [5.74, 6) is 0.422. The van der Waals surface area contributed by atoms with E-state index in [9.17, 15) is 4.79 Å². The lowest BCUT2D eigenvalue weighted by Crippen LogP contribution is -2.30. The van der Waals surface area contributed by atoms with Crippen molar-refractivity contribution in [2.24, 2.45) is 5.73 Å². The molecule has 0 bridgehead atoms. The van der Waals surface area contributed by atoms with Crippen molar-refractivity contribution in [3.8, 4) is 5.75 Å². The number of nitrogens with two attached hydrogens (primary N) is 1. The van der Waals surface area contributed by atoms with E-state index < -0.39 is 0 Å². The van der Waals surface area contributed by atoms with Gasteiger partial charge in [0.25, 0.3) is 0 Å². The number of carbonyl (C=O) groups excluding carboxylic acids is 1. The van der Waals surface area contributed by atoms with Gasteiger partial charge < -0.3 is 15.8 Å². The van der Waals surface area contributed by atoms with Gasteiger partial charge in [0, 0.05) is 6.04 Å². The number of halogens is 1. The zero-order valence-electron chi connectivity index (χ0n) is 9.29. The first-order valence-electron chi connectivity index (χ1n) is 4.89. The van der Waals surface area contributed by atoms with Crippen molar-refractivity contribution >= 4 is 21.8 Å². The summed E-state index contributed by atoms with van der Waals surface area (Å²) in [6.45, 7) is 2.14. The zero-order chi connectivity index (χ0) is 12.1. The molecular formula is C11H15BrN2O2. The zero-order valence-corrected chi connectivity index (χ0v) is 10.9. The van der Waals surface area contributed by atoms with Crippen molar-refractivity contribution in [2.75, 3.05) is 13.7 Å². The van der Waals surface area contributed by atoms with Gasteiger partial charge in [-0.15, -0.1) is 0 Å². The Morgan fingerprint density at radius 2 is 2.31 bits per heavy atom. The van der Waals surface area contributed by atoms with Crippen LogP contribution in [0.1, 0.15) is 18.5 Å². The van der Waals surface area contributed by atoms with Crippen LogP contribution in [0.4, 0.5) is 0 Å². The van der Waals surface area contributed by atoms with Gasteiger partial charge in [0.2, 0.25) is 5.91 Å². The van der Waals surface area contributed by atoms with E-state index >= 15 is 0 Å². The minimum absolute atomic E-state index is 0.0645. The van der Waals surface area contributed by atoms with Gasteiger partial charge in [0.15, 0.2) is 0 Å². The standard InChI is InChI=1S/C11H15BrN2O2/c1-7(14-6-11(13)15)8-3-4-10(16-2)9(12)5-8/h3-5,7,14H,6H2,1-2H3,(H2,13,15). The average molecular weight is 287 g/mol. The second kappa shape index (κ2) is 5.86. The molecule has 1 unspecified atom stereocenters. The summed E-state index contributed by atoms with van der Waals surface area (Å²) in [6, 6.07) is 5.84. The summed E-state index contributed by atoms with van der Waals surface area (Å²) < 4.78 is 6.03. The van der Waals surface area contributed by atoms with Crippen LogP contribution in [0, 0.1) is 0 Å². The summed E-state index contributed by atoms with van der Waals surface area (Å²) in [5.41, 5.74) is 6.13. The predicted octanol–water partition coefficient (Wildman–Crippen LogP) is 1.59. The normalized spacial score (nSPS) is 12.2. The Hall–Kier alpha value is -1.07. The van der Waals surface area contributed by atoms with Gasteiger partial charge in [-0.05, 0) is 40.5 Å². The SMILES string of the molecule is COc1ccc(C(C)NCC(N)=O)cc1Br. The van der Waals surface area contributed by atoms with E-state index in [0.717, 1.165) is 15.8 Å². The third-order valence-corrected chi connectivity index (χ3v) is 2.88. The molecule has 0 radical (unpaired) electrons. The highest BCUT2D eigenvalue weighted by molar-refractivity contribution is 9.10. The number of benzene rings is 1. The van der Waals surface area contributed by atoms with Crippen molar-refractivity contribution in [2.45, 2.75) is 13.0 Å². The van der Waals surface area contributed by atoms with Crippen LogP contribution in [0.2, 0.25) is 0 Å². The minimum atomic E-state index is -0.362. The minimum Gasteiger partial charge on any atom is -0.496 e. The van der Waals surface area contributed by atoms with Crippen molar-refractivity contribution < 1.29 is 9.53 Å². The predicted molar refractivity (Wildman–Crippen MR) is 66.3 cm³/mol. The Labute approximate surface area is 103 Å². The van der Waals surface area contributed by atoms with Crippen LogP contribution in [0.25, 0.3) is 0 Å². The lowest BCUT2D eigenvalue weighted by molar-refractivity contribution is -0.117. The van der Waals surface area contributed by atoms with E-state index in [2.05, 4.69) is 21.2 Å². The number of ether oxygens (including phenoxy) is 1. The van der Waals surface area contributed by atoms with Crippen LogP contribution in [0.15, 0.2) is 22.7 Å². The van der Waals surface area contributed by atoms with Crippen LogP contribution in [-0.4, -0.2) is 19.6 Å². The molecule has 1 aromatic carbocycles. The molecule has 1 aromatic rings. The fourth-order valence-corrected chi connectivity index (χ4v) is 1.88. The number of nitrogens with one attached hydrogen (secondary N) is 1. The highest BCUT2D eigenvalue weighted by atomic mass is 79.9. The van der Waals surface area contributed by atoms with Gasteiger partial charge in [0.05, 0.1) is 18.1 Å². The lowest BCUT2D eigenvalue weighted by atomic mass is 10.1. The molecule has 0 saturated carbocycles. The van der Waals surface area contributed by atoms with Crippen LogP contribution in [0.3, 0.4) is 0 Å². The number of amides is 1. The highest BCUT2D eigenvalue weighted by Crippen LogP contribution is 2.27. The topological polar surface area (TPSA) is 64.3 Å². The fraction of sp³-hybridized carbons (Fsp3) is 0.364. The molecule has 0 aliphatic rings. The van der Waals surface area contributed by atoms with E-state index in [-0.39, 0.29) is 18.5 Å². The van der Waals surface area contributed by atoms with Gasteiger partial charge in [-0.3, -0.25) is 4.79 Å². The molecule has 0 saturated heterocycles. The van der Waals surface area contributed by atoms with Crippen molar-refractivity contribution in [1.82, 2.24) is 5.32 Å². The molecule has 16 heavy (non-hydrogen) atoms. The summed E-state index contributed by atoms with van der Waals surface area (Å²) in [5, 5.41) is 3.03. The van der Waals surface area contributed by atoms with E-state index in [1.54, 1.807) is 7.11 Å². The van der Waals surface area contributed by atoms with Gasteiger partial charge >= 0.3 is 0 Å². The smallest absolute Gasteiger partial charge is 0.231 e. The monoisotopic (exact) mass is 286 g/mol. The number of primary amides is 1. The Morgan fingerprint density at radius 3 is 2.81 bits per heavy atom. The first-order valence-corrected chi connectivity index (χ1v) is 5.69. The summed E-state index contributed by atoms with van der Waals surface area (Å²) in [7, 11) is 1.62. The molecule has 1 amide bonds. The maximum atomic E-state index is 10.6. The van der Waals surface area contributed by atoms with Crippen LogP contribution >= 0.6 is 15.9 Å². The molecule has 1 rings (SSSR count). The Kier molecular flexibility index (Phi) is 4.76. The molecule has 5 heteroatoms. The van der Waals surface area contributed by atoms with Gasteiger partial charge in [-0.25, -0.2) is 0 Å². The number of methoxy groups -OCH3 is 1. The second-order valence-electron chi connectivity index (χ2n) is 3.46. The maximum Gasteiger partial charge on any atom is 0.231 e. The van der Waals surface area contributed by atoms with Crippen molar-refractivity contribution in [3.63, 3.8) is 0 Å². The van der Waals surface area contributed by atoms with Crippen molar-refractivity contribution in [3.05, 3.63) is 28.2 Å².